The summed E-state index contributed by atoms with van der Waals surface area (Å²) >= 11 is 1.69. The van der Waals surface area contributed by atoms with Crippen LogP contribution in [0, 0.1) is 0 Å². The molecule has 15 heavy (non-hydrogen) atoms. The van der Waals surface area contributed by atoms with Gasteiger partial charge in [-0.2, -0.15) is 16.9 Å². The summed E-state index contributed by atoms with van der Waals surface area (Å²) in [5.41, 5.74) is 1.56. The van der Waals surface area contributed by atoms with Crippen LogP contribution in [0.5, 0.6) is 0 Å². The first-order valence-electron chi connectivity index (χ1n) is 4.40. The van der Waals surface area contributed by atoms with Gasteiger partial charge in [0.15, 0.2) is 11.6 Å². The van der Waals surface area contributed by atoms with Gasteiger partial charge >= 0.3 is 0 Å². The zero-order chi connectivity index (χ0) is 10.3. The van der Waals surface area contributed by atoms with Gasteiger partial charge in [-0.05, 0) is 0 Å². The fourth-order valence-corrected chi connectivity index (χ4v) is 2.53. The van der Waals surface area contributed by atoms with Crippen molar-refractivity contribution in [2.45, 2.75) is 11.5 Å². The third kappa shape index (κ3) is 1.35. The minimum atomic E-state index is -0.0728. The quantitative estimate of drug-likeness (QED) is 0.723. The van der Waals surface area contributed by atoms with Gasteiger partial charge in [0.2, 0.25) is 0 Å². The minimum absolute atomic E-state index is 0.0728. The van der Waals surface area contributed by atoms with E-state index in [0.717, 1.165) is 22.8 Å². The van der Waals surface area contributed by atoms with Gasteiger partial charge in [-0.25, -0.2) is 9.97 Å². The van der Waals surface area contributed by atoms with Gasteiger partial charge in [-0.3, -0.25) is 9.89 Å². The second kappa shape index (κ2) is 3.20. The summed E-state index contributed by atoms with van der Waals surface area (Å²) in [6.07, 6.45) is 1.39. The van der Waals surface area contributed by atoms with Crippen LogP contribution in [-0.4, -0.2) is 25.1 Å². The van der Waals surface area contributed by atoms with E-state index >= 15 is 0 Å². The Kier molecular flexibility index (Phi) is 1.84. The number of hydrogen-bond donors (Lipinski definition) is 2. The number of thioether (sulfide) groups is 1. The molecule has 0 aliphatic carbocycles. The van der Waals surface area contributed by atoms with E-state index in [4.69, 9.17) is 0 Å². The second-order valence-corrected chi connectivity index (χ2v) is 4.15. The second-order valence-electron chi connectivity index (χ2n) is 3.17. The molecule has 6 nitrogen and oxygen atoms in total. The summed E-state index contributed by atoms with van der Waals surface area (Å²) in [6, 6.07) is 0. The van der Waals surface area contributed by atoms with Gasteiger partial charge in [0.05, 0.1) is 5.69 Å². The lowest BCUT2D eigenvalue weighted by atomic mass is 10.3. The third-order valence-corrected chi connectivity index (χ3v) is 3.20. The Morgan fingerprint density at radius 2 is 2.27 bits per heavy atom. The van der Waals surface area contributed by atoms with Crippen LogP contribution in [-0.2, 0) is 11.5 Å². The molecule has 7 heteroatoms. The normalized spacial score (nSPS) is 14.1. The molecule has 0 saturated heterocycles. The predicted octanol–water partition coefficient (Wildman–Crippen LogP) is 0.302. The molecule has 0 saturated carbocycles. The number of aromatic nitrogens is 5. The minimum Gasteiger partial charge on any atom is -0.304 e. The first-order chi connectivity index (χ1) is 7.34. The van der Waals surface area contributed by atoms with Gasteiger partial charge in [-0.1, -0.05) is 0 Å². The number of hydrogen-bond acceptors (Lipinski definition) is 5. The molecule has 2 aromatic heterocycles. The van der Waals surface area contributed by atoms with Crippen LogP contribution in [0.4, 0.5) is 0 Å². The van der Waals surface area contributed by atoms with Crippen molar-refractivity contribution in [3.63, 3.8) is 0 Å². The smallest absolute Gasteiger partial charge is 0.255 e. The van der Waals surface area contributed by atoms with Crippen molar-refractivity contribution >= 4 is 11.8 Å². The summed E-state index contributed by atoms with van der Waals surface area (Å²) in [5.74, 6) is 2.49. The summed E-state index contributed by atoms with van der Waals surface area (Å²) in [5, 5.41) is 6.39. The molecule has 1 aliphatic heterocycles. The Balaban J connectivity index is 2.20. The number of nitrogens with one attached hydrogen (secondary N) is 2. The number of fused-ring (bicyclic) bond motifs is 1. The highest BCUT2D eigenvalue weighted by molar-refractivity contribution is 7.98. The largest absolute Gasteiger partial charge is 0.304 e. The lowest BCUT2D eigenvalue weighted by molar-refractivity contribution is 0.999. The van der Waals surface area contributed by atoms with Gasteiger partial charge < -0.3 is 4.98 Å². The third-order valence-electron chi connectivity index (χ3n) is 2.23. The summed E-state index contributed by atoms with van der Waals surface area (Å²) in [6.45, 7) is 0. The average Bonchev–Trinajstić information content (AvgIpc) is 2.88. The molecule has 0 unspecified atom stereocenters. The van der Waals surface area contributed by atoms with E-state index in [9.17, 15) is 4.79 Å². The highest BCUT2D eigenvalue weighted by Gasteiger charge is 2.18. The van der Waals surface area contributed by atoms with Gasteiger partial charge in [0, 0.05) is 17.1 Å². The highest BCUT2D eigenvalue weighted by atomic mass is 32.2. The van der Waals surface area contributed by atoms with Crippen LogP contribution >= 0.6 is 11.8 Å². The Morgan fingerprint density at radius 1 is 1.33 bits per heavy atom. The van der Waals surface area contributed by atoms with Crippen molar-refractivity contribution in [1.29, 1.82) is 0 Å². The first-order valence-corrected chi connectivity index (χ1v) is 5.55. The number of aromatic amines is 2. The predicted molar refractivity (Wildman–Crippen MR) is 55.2 cm³/mol. The Labute approximate surface area is 88.6 Å². The first kappa shape index (κ1) is 8.66. The van der Waals surface area contributed by atoms with Crippen molar-refractivity contribution in [1.82, 2.24) is 25.1 Å². The molecule has 76 valence electrons. The van der Waals surface area contributed by atoms with Gasteiger partial charge in [0.25, 0.3) is 5.56 Å². The van der Waals surface area contributed by atoms with Crippen LogP contribution < -0.4 is 5.56 Å². The zero-order valence-corrected chi connectivity index (χ0v) is 8.47. The molecule has 3 heterocycles. The lowest BCUT2D eigenvalue weighted by Gasteiger charge is -1.99. The van der Waals surface area contributed by atoms with Crippen molar-refractivity contribution in [2.24, 2.45) is 0 Å². The molecule has 0 aromatic carbocycles. The fraction of sp³-hybridized carbons (Fsp3) is 0.250. The molecule has 0 amide bonds. The van der Waals surface area contributed by atoms with Crippen LogP contribution in [0.3, 0.4) is 0 Å². The molecule has 0 atom stereocenters. The summed E-state index contributed by atoms with van der Waals surface area (Å²) < 4.78 is 0. The SMILES string of the molecule is O=c1[nH]c(-c2ncn[nH]2)nc2c1CSC2. The zero-order valence-electron chi connectivity index (χ0n) is 7.65. The van der Waals surface area contributed by atoms with E-state index in [1.807, 2.05) is 0 Å². The molecule has 0 bridgehead atoms. The number of H-pyrrole nitrogens is 2. The molecule has 1 aliphatic rings. The Morgan fingerprint density at radius 3 is 3.07 bits per heavy atom. The summed E-state index contributed by atoms with van der Waals surface area (Å²) in [7, 11) is 0. The van der Waals surface area contributed by atoms with Crippen LogP contribution in [0.25, 0.3) is 11.6 Å². The van der Waals surface area contributed by atoms with E-state index in [0.29, 0.717) is 11.6 Å². The van der Waals surface area contributed by atoms with Crippen LogP contribution in [0.1, 0.15) is 11.3 Å². The van der Waals surface area contributed by atoms with Crippen molar-refractivity contribution in [2.75, 3.05) is 0 Å². The molecule has 2 aromatic rings. The number of nitrogens with zero attached hydrogens (tertiary/aromatic N) is 3. The molecule has 0 fully saturated rings. The summed E-state index contributed by atoms with van der Waals surface area (Å²) in [4.78, 5) is 22.6. The van der Waals surface area contributed by atoms with E-state index in [1.54, 1.807) is 11.8 Å². The fourth-order valence-electron chi connectivity index (χ4n) is 1.49. The maximum Gasteiger partial charge on any atom is 0.255 e. The molecule has 3 rings (SSSR count). The average molecular weight is 221 g/mol. The highest BCUT2D eigenvalue weighted by Crippen LogP contribution is 2.26. The Hall–Kier alpha value is -1.63. The molecular formula is C8H7N5OS. The monoisotopic (exact) mass is 221 g/mol. The van der Waals surface area contributed by atoms with Crippen molar-refractivity contribution in [3.8, 4) is 11.6 Å². The standard InChI is InChI=1S/C8H7N5OS/c14-8-4-1-15-2-5(4)11-7(12-8)6-9-3-10-13-6/h3H,1-2H2,(H,9,10,13)(H,11,12,14). The molecular weight excluding hydrogens is 214 g/mol. The van der Waals surface area contributed by atoms with Crippen molar-refractivity contribution < 1.29 is 0 Å². The molecule has 0 spiro atoms. The number of rotatable bonds is 1. The Bertz CT molecular complexity index is 547. The molecule has 2 N–H and O–H groups in total. The maximum absolute atomic E-state index is 11.7. The van der Waals surface area contributed by atoms with E-state index < -0.39 is 0 Å². The van der Waals surface area contributed by atoms with E-state index in [-0.39, 0.29) is 5.56 Å². The van der Waals surface area contributed by atoms with E-state index in [2.05, 4.69) is 25.1 Å². The van der Waals surface area contributed by atoms with E-state index in [1.165, 1.54) is 6.33 Å². The van der Waals surface area contributed by atoms with Crippen LogP contribution in [0.15, 0.2) is 11.1 Å². The van der Waals surface area contributed by atoms with Gasteiger partial charge in [-0.15, -0.1) is 0 Å². The molecule has 0 radical (unpaired) electrons. The maximum atomic E-state index is 11.7. The topological polar surface area (TPSA) is 87.3 Å². The lowest BCUT2D eigenvalue weighted by Crippen LogP contribution is -2.15. The van der Waals surface area contributed by atoms with Crippen LogP contribution in [0.2, 0.25) is 0 Å². The van der Waals surface area contributed by atoms with Gasteiger partial charge in [0.1, 0.15) is 6.33 Å². The van der Waals surface area contributed by atoms with Crippen molar-refractivity contribution in [3.05, 3.63) is 27.9 Å².